The van der Waals surface area contributed by atoms with Crippen LogP contribution in [-0.2, 0) is 28.4 Å². The summed E-state index contributed by atoms with van der Waals surface area (Å²) in [5.41, 5.74) is 0.563. The molecule has 0 N–H and O–H groups in total. The molecule has 42 heavy (non-hydrogen) atoms. The molecule has 0 unspecified atom stereocenters. The minimum absolute atomic E-state index is 0. The van der Waals surface area contributed by atoms with Gasteiger partial charge in [-0.3, -0.25) is 0 Å². The SMILES string of the molecule is [Cs+].[O-]c1cc2c(cc1N=Nc1ccc3c(c1)OCCOCCOCCOCCO3)OCCOCCOCCOCCO2. The van der Waals surface area contributed by atoms with Gasteiger partial charge in [-0.2, -0.15) is 10.2 Å². The van der Waals surface area contributed by atoms with E-state index >= 15 is 0 Å². The van der Waals surface area contributed by atoms with Gasteiger partial charge in [-0.05, 0) is 18.2 Å². The summed E-state index contributed by atoms with van der Waals surface area (Å²) < 4.78 is 56.2. The first-order valence-corrected chi connectivity index (χ1v) is 13.7. The molecule has 0 saturated heterocycles. The van der Waals surface area contributed by atoms with Gasteiger partial charge < -0.3 is 52.5 Å². The number of hydrogen-bond acceptors (Lipinski definition) is 13. The number of ether oxygens (including phenoxy) is 10. The zero-order valence-corrected chi connectivity index (χ0v) is 30.4. The van der Waals surface area contributed by atoms with Gasteiger partial charge in [0.25, 0.3) is 0 Å². The smallest absolute Gasteiger partial charge is 0.871 e. The minimum Gasteiger partial charge on any atom is -0.871 e. The van der Waals surface area contributed by atoms with E-state index in [1.807, 2.05) is 0 Å². The van der Waals surface area contributed by atoms with E-state index in [1.165, 1.54) is 12.1 Å². The summed E-state index contributed by atoms with van der Waals surface area (Å²) in [6.07, 6.45) is 0. The van der Waals surface area contributed by atoms with E-state index in [1.54, 1.807) is 18.2 Å². The van der Waals surface area contributed by atoms with Crippen molar-refractivity contribution in [1.29, 1.82) is 0 Å². The second-order valence-electron chi connectivity index (χ2n) is 8.67. The van der Waals surface area contributed by atoms with Crippen LogP contribution in [0.4, 0.5) is 11.4 Å². The summed E-state index contributed by atoms with van der Waals surface area (Å²) in [6.45, 7) is 6.37. The monoisotopic (exact) mass is 710 g/mol. The Kier molecular flexibility index (Phi) is 18.1. The molecule has 0 amide bonds. The first-order valence-electron chi connectivity index (χ1n) is 13.7. The first kappa shape index (κ1) is 35.3. The molecule has 2 aliphatic rings. The summed E-state index contributed by atoms with van der Waals surface area (Å²) in [6, 6.07) is 7.98. The fraction of sp³-hybridized carbons (Fsp3) is 0.571. The zero-order valence-electron chi connectivity index (χ0n) is 24.1. The predicted octanol–water partition coefficient (Wildman–Crippen LogP) is -0.178. The number of benzene rings is 2. The third-order valence-electron chi connectivity index (χ3n) is 5.65. The van der Waals surface area contributed by atoms with Crippen molar-refractivity contribution < 1.29 is 121 Å². The average Bonchev–Trinajstić information content (AvgIpc) is 2.99. The average molecular weight is 711 g/mol. The van der Waals surface area contributed by atoms with E-state index in [0.717, 1.165) is 0 Å². The van der Waals surface area contributed by atoms with E-state index in [4.69, 9.17) is 47.4 Å². The fourth-order valence-electron chi connectivity index (χ4n) is 3.66. The second-order valence-corrected chi connectivity index (χ2v) is 8.67. The van der Waals surface area contributed by atoms with Crippen LogP contribution in [0.1, 0.15) is 0 Å². The van der Waals surface area contributed by atoms with Crippen LogP contribution in [0, 0.1) is 0 Å². The van der Waals surface area contributed by atoms with Crippen molar-refractivity contribution in [2.75, 3.05) is 106 Å². The van der Waals surface area contributed by atoms with Crippen LogP contribution in [0.15, 0.2) is 40.6 Å². The van der Waals surface area contributed by atoms with Crippen molar-refractivity contribution in [1.82, 2.24) is 0 Å². The van der Waals surface area contributed by atoms with Crippen LogP contribution in [0.5, 0.6) is 28.7 Å². The topological polar surface area (TPSA) is 140 Å². The second kappa shape index (κ2) is 21.5. The standard InChI is InChI=1S/C28H38N2O11.Cs/c31-24-21-28-27(40-17-13-36-9-5-33-6-10-37-14-18-41-28)20-23(24)30-29-22-1-2-25-26(19-22)39-16-12-35-8-4-32-3-7-34-11-15-38-25;/h1-2,19-21,31H,3-18H2;/q;+1/p-1. The van der Waals surface area contributed by atoms with Crippen molar-refractivity contribution in [2.45, 2.75) is 0 Å². The van der Waals surface area contributed by atoms with Gasteiger partial charge in [0.15, 0.2) is 23.0 Å². The summed E-state index contributed by atoms with van der Waals surface area (Å²) in [7, 11) is 0. The van der Waals surface area contributed by atoms with E-state index in [9.17, 15) is 5.11 Å². The van der Waals surface area contributed by atoms with Gasteiger partial charge in [0, 0.05) is 12.1 Å². The maximum Gasteiger partial charge on any atom is 1.00 e. The molecule has 14 heteroatoms. The normalized spacial score (nSPS) is 18.9. The molecule has 0 fully saturated rings. The molecule has 4 rings (SSSR count). The molecule has 0 spiro atoms. The van der Waals surface area contributed by atoms with Gasteiger partial charge in [-0.25, -0.2) is 0 Å². The van der Waals surface area contributed by atoms with Gasteiger partial charge in [-0.15, -0.1) is 0 Å². The molecular weight excluding hydrogens is 673 g/mol. The summed E-state index contributed by atoms with van der Waals surface area (Å²) >= 11 is 0. The quantitative estimate of drug-likeness (QED) is 0.384. The van der Waals surface area contributed by atoms with Crippen LogP contribution in [-0.4, -0.2) is 106 Å². The number of fused-ring (bicyclic) bond motifs is 2. The van der Waals surface area contributed by atoms with Gasteiger partial charge in [0.2, 0.25) is 0 Å². The largest absolute Gasteiger partial charge is 1.00 e. The molecule has 0 saturated carbocycles. The number of rotatable bonds is 2. The van der Waals surface area contributed by atoms with Gasteiger partial charge >= 0.3 is 68.9 Å². The van der Waals surface area contributed by atoms with Crippen molar-refractivity contribution in [3.63, 3.8) is 0 Å². The van der Waals surface area contributed by atoms with E-state index in [0.29, 0.717) is 121 Å². The summed E-state index contributed by atoms with van der Waals surface area (Å²) in [5, 5.41) is 21.3. The Hall–Kier alpha value is -1.15. The third-order valence-corrected chi connectivity index (χ3v) is 5.65. The van der Waals surface area contributed by atoms with Crippen LogP contribution >= 0.6 is 0 Å². The molecule has 2 aliphatic heterocycles. The molecule has 2 aromatic carbocycles. The van der Waals surface area contributed by atoms with Gasteiger partial charge in [0.1, 0.15) is 26.4 Å². The molecule has 0 atom stereocenters. The molecule has 226 valence electrons. The summed E-state index contributed by atoms with van der Waals surface area (Å²) in [5.74, 6) is 1.30. The van der Waals surface area contributed by atoms with Crippen LogP contribution < -0.4 is 92.9 Å². The Balaban J connectivity index is 0.00000484. The molecule has 2 heterocycles. The number of azo groups is 1. The fourth-order valence-corrected chi connectivity index (χ4v) is 3.66. The first-order chi connectivity index (χ1) is 20.3. The minimum atomic E-state index is -0.366. The van der Waals surface area contributed by atoms with E-state index < -0.39 is 0 Å². The molecular formula is C28H37CsN2O11. The van der Waals surface area contributed by atoms with Crippen LogP contribution in [0.3, 0.4) is 0 Å². The van der Waals surface area contributed by atoms with Crippen molar-refractivity contribution >= 4 is 11.4 Å². The molecule has 0 aliphatic carbocycles. The zero-order chi connectivity index (χ0) is 28.4. The molecule has 2 aromatic rings. The Bertz CT molecular complexity index is 1080. The summed E-state index contributed by atoms with van der Waals surface area (Å²) in [4.78, 5) is 0. The Morgan fingerprint density at radius 1 is 0.429 bits per heavy atom. The van der Waals surface area contributed by atoms with Crippen LogP contribution in [0.25, 0.3) is 0 Å². The molecule has 0 aromatic heterocycles. The van der Waals surface area contributed by atoms with Crippen molar-refractivity contribution in [2.24, 2.45) is 10.2 Å². The maximum absolute atomic E-state index is 12.8. The third kappa shape index (κ3) is 13.2. The van der Waals surface area contributed by atoms with Gasteiger partial charge in [-0.1, -0.05) is 5.75 Å². The number of hydrogen-bond donors (Lipinski definition) is 0. The molecule has 0 bridgehead atoms. The van der Waals surface area contributed by atoms with Crippen molar-refractivity contribution in [3.05, 3.63) is 30.3 Å². The predicted molar refractivity (Wildman–Crippen MR) is 143 cm³/mol. The van der Waals surface area contributed by atoms with E-state index in [2.05, 4.69) is 10.2 Å². The maximum atomic E-state index is 12.8. The van der Waals surface area contributed by atoms with Crippen LogP contribution in [0.2, 0.25) is 0 Å². The van der Waals surface area contributed by atoms with E-state index in [-0.39, 0.29) is 93.5 Å². The van der Waals surface area contributed by atoms with Crippen molar-refractivity contribution in [3.8, 4) is 28.7 Å². The number of nitrogens with zero attached hydrogens (tertiary/aromatic N) is 2. The molecule has 0 radical (unpaired) electrons. The molecule has 13 nitrogen and oxygen atoms in total. The van der Waals surface area contributed by atoms with Gasteiger partial charge in [0.05, 0.1) is 90.7 Å². The Morgan fingerprint density at radius 3 is 1.29 bits per heavy atom. The Morgan fingerprint density at radius 2 is 0.810 bits per heavy atom. The Labute approximate surface area is 304 Å².